The molecule has 0 aliphatic rings. The third-order valence-corrected chi connectivity index (χ3v) is 1.91. The van der Waals surface area contributed by atoms with Crippen LogP contribution in [0.25, 0.3) is 0 Å². The highest BCUT2D eigenvalue weighted by molar-refractivity contribution is 7.98. The Kier molecular flexibility index (Phi) is 2.84. The number of thioether (sulfide) groups is 1. The number of nitrogens with zero attached hydrogens (tertiary/aromatic N) is 2. The summed E-state index contributed by atoms with van der Waals surface area (Å²) in [5.74, 6) is 0.789. The Bertz CT molecular complexity index is 227. The Morgan fingerprint density at radius 3 is 2.82 bits per heavy atom. The van der Waals surface area contributed by atoms with E-state index < -0.39 is 0 Å². The van der Waals surface area contributed by atoms with Gasteiger partial charge >= 0.3 is 0 Å². The molecule has 0 radical (unpaired) electrons. The van der Waals surface area contributed by atoms with Gasteiger partial charge in [-0.05, 0) is 19.2 Å². The molecule has 0 unspecified atom stereocenters. The second-order valence-corrected chi connectivity index (χ2v) is 2.98. The number of aryl methyl sites for hydroxylation is 1. The van der Waals surface area contributed by atoms with Crippen LogP contribution in [0.4, 0.5) is 0 Å². The van der Waals surface area contributed by atoms with Gasteiger partial charge in [0.05, 0.1) is 10.7 Å². The molecular weight excluding hydrogens is 158 g/mol. The molecule has 60 valence electrons. The third kappa shape index (κ3) is 2.17. The SMILES string of the molecule is CSc1cc(CN)nc(C)n1. The molecule has 3 nitrogen and oxygen atoms in total. The molecule has 0 atom stereocenters. The molecule has 0 saturated heterocycles. The molecule has 0 saturated carbocycles. The Balaban J connectivity index is 3.02. The van der Waals surface area contributed by atoms with Gasteiger partial charge < -0.3 is 5.73 Å². The van der Waals surface area contributed by atoms with Gasteiger partial charge in [-0.1, -0.05) is 0 Å². The van der Waals surface area contributed by atoms with Gasteiger partial charge in [-0.15, -0.1) is 11.8 Å². The van der Waals surface area contributed by atoms with Crippen molar-refractivity contribution in [3.63, 3.8) is 0 Å². The highest BCUT2D eigenvalue weighted by Crippen LogP contribution is 2.11. The lowest BCUT2D eigenvalue weighted by Crippen LogP contribution is -2.02. The molecule has 0 bridgehead atoms. The first-order chi connectivity index (χ1) is 5.26. The number of hydrogen-bond donors (Lipinski definition) is 1. The maximum Gasteiger partial charge on any atom is 0.126 e. The fraction of sp³-hybridized carbons (Fsp3) is 0.429. The summed E-state index contributed by atoms with van der Waals surface area (Å²) in [6.07, 6.45) is 1.99. The Morgan fingerprint density at radius 1 is 1.55 bits per heavy atom. The van der Waals surface area contributed by atoms with Crippen LogP contribution in [0.1, 0.15) is 11.5 Å². The largest absolute Gasteiger partial charge is 0.325 e. The van der Waals surface area contributed by atoms with Crippen molar-refractivity contribution in [2.75, 3.05) is 6.26 Å². The molecule has 0 fully saturated rings. The lowest BCUT2D eigenvalue weighted by atomic mass is 10.4. The van der Waals surface area contributed by atoms with Crippen molar-refractivity contribution in [2.24, 2.45) is 5.73 Å². The van der Waals surface area contributed by atoms with Crippen molar-refractivity contribution in [2.45, 2.75) is 18.5 Å². The average molecular weight is 169 g/mol. The Hall–Kier alpha value is -0.610. The molecule has 0 aliphatic heterocycles. The van der Waals surface area contributed by atoms with E-state index in [9.17, 15) is 0 Å². The van der Waals surface area contributed by atoms with E-state index in [0.29, 0.717) is 6.54 Å². The molecule has 0 aliphatic carbocycles. The van der Waals surface area contributed by atoms with Crippen LogP contribution in [0.3, 0.4) is 0 Å². The van der Waals surface area contributed by atoms with Crippen molar-refractivity contribution < 1.29 is 0 Å². The van der Waals surface area contributed by atoms with Gasteiger partial charge in [0.1, 0.15) is 5.82 Å². The first-order valence-corrected chi connectivity index (χ1v) is 4.57. The topological polar surface area (TPSA) is 51.8 Å². The minimum Gasteiger partial charge on any atom is -0.325 e. The van der Waals surface area contributed by atoms with Crippen LogP contribution >= 0.6 is 11.8 Å². The van der Waals surface area contributed by atoms with Crippen LogP contribution in [-0.2, 0) is 6.54 Å². The second kappa shape index (κ2) is 3.69. The average Bonchev–Trinajstić information content (AvgIpc) is 2.03. The van der Waals surface area contributed by atoms with Crippen molar-refractivity contribution in [3.05, 3.63) is 17.6 Å². The fourth-order valence-corrected chi connectivity index (χ4v) is 1.29. The monoisotopic (exact) mass is 169 g/mol. The molecule has 0 spiro atoms. The number of aromatic nitrogens is 2. The van der Waals surface area contributed by atoms with E-state index in [1.807, 2.05) is 19.2 Å². The van der Waals surface area contributed by atoms with E-state index in [1.54, 1.807) is 11.8 Å². The van der Waals surface area contributed by atoms with Gasteiger partial charge in [0, 0.05) is 6.54 Å². The predicted molar refractivity (Wildman–Crippen MR) is 46.4 cm³/mol. The van der Waals surface area contributed by atoms with Crippen LogP contribution in [0, 0.1) is 6.92 Å². The number of rotatable bonds is 2. The van der Waals surface area contributed by atoms with E-state index >= 15 is 0 Å². The minimum absolute atomic E-state index is 0.483. The van der Waals surface area contributed by atoms with E-state index in [4.69, 9.17) is 5.73 Å². The first-order valence-electron chi connectivity index (χ1n) is 3.35. The summed E-state index contributed by atoms with van der Waals surface area (Å²) >= 11 is 1.61. The quantitative estimate of drug-likeness (QED) is 0.529. The third-order valence-electron chi connectivity index (χ3n) is 1.29. The maximum atomic E-state index is 5.44. The molecule has 1 aromatic rings. The molecular formula is C7H11N3S. The summed E-state index contributed by atoms with van der Waals surface area (Å²) in [6, 6.07) is 1.91. The molecule has 1 aromatic heterocycles. The van der Waals surface area contributed by atoms with Crippen molar-refractivity contribution >= 4 is 11.8 Å². The summed E-state index contributed by atoms with van der Waals surface area (Å²) in [5.41, 5.74) is 6.35. The van der Waals surface area contributed by atoms with Crippen molar-refractivity contribution in [3.8, 4) is 0 Å². The second-order valence-electron chi connectivity index (χ2n) is 2.15. The van der Waals surface area contributed by atoms with Gasteiger partial charge in [-0.2, -0.15) is 0 Å². The molecule has 11 heavy (non-hydrogen) atoms. The predicted octanol–water partition coefficient (Wildman–Crippen LogP) is 0.966. The van der Waals surface area contributed by atoms with E-state index in [0.717, 1.165) is 16.5 Å². The Morgan fingerprint density at radius 2 is 2.27 bits per heavy atom. The first kappa shape index (κ1) is 8.49. The molecule has 2 N–H and O–H groups in total. The molecule has 1 rings (SSSR count). The summed E-state index contributed by atoms with van der Waals surface area (Å²) in [4.78, 5) is 8.35. The van der Waals surface area contributed by atoms with E-state index in [-0.39, 0.29) is 0 Å². The summed E-state index contributed by atoms with van der Waals surface area (Å²) in [6.45, 7) is 2.36. The smallest absolute Gasteiger partial charge is 0.126 e. The highest BCUT2D eigenvalue weighted by Gasteiger charge is 1.97. The zero-order valence-corrected chi connectivity index (χ0v) is 7.48. The molecule has 0 amide bonds. The van der Waals surface area contributed by atoms with Gasteiger partial charge in [0.2, 0.25) is 0 Å². The normalized spacial score (nSPS) is 10.1. The van der Waals surface area contributed by atoms with Gasteiger partial charge in [-0.25, -0.2) is 9.97 Å². The lowest BCUT2D eigenvalue weighted by molar-refractivity contribution is 0.882. The van der Waals surface area contributed by atoms with Crippen LogP contribution in [-0.4, -0.2) is 16.2 Å². The zero-order chi connectivity index (χ0) is 8.27. The van der Waals surface area contributed by atoms with Crippen LogP contribution in [0.5, 0.6) is 0 Å². The summed E-state index contributed by atoms with van der Waals surface area (Å²) in [5, 5.41) is 0.984. The van der Waals surface area contributed by atoms with Gasteiger partial charge in [0.15, 0.2) is 0 Å². The molecule has 4 heteroatoms. The lowest BCUT2D eigenvalue weighted by Gasteiger charge is -2.00. The number of nitrogens with two attached hydrogens (primary N) is 1. The molecule has 0 aromatic carbocycles. The van der Waals surface area contributed by atoms with Crippen LogP contribution < -0.4 is 5.73 Å². The summed E-state index contributed by atoms with van der Waals surface area (Å²) < 4.78 is 0. The minimum atomic E-state index is 0.483. The maximum absolute atomic E-state index is 5.44. The zero-order valence-electron chi connectivity index (χ0n) is 6.66. The van der Waals surface area contributed by atoms with Crippen molar-refractivity contribution in [1.29, 1.82) is 0 Å². The standard InChI is InChI=1S/C7H11N3S/c1-5-9-6(4-8)3-7(10-5)11-2/h3H,4,8H2,1-2H3. The Labute approximate surface area is 70.4 Å². The van der Waals surface area contributed by atoms with Gasteiger partial charge in [-0.3, -0.25) is 0 Å². The van der Waals surface area contributed by atoms with E-state index in [2.05, 4.69) is 9.97 Å². The molecule has 1 heterocycles. The van der Waals surface area contributed by atoms with Gasteiger partial charge in [0.25, 0.3) is 0 Å². The van der Waals surface area contributed by atoms with Crippen molar-refractivity contribution in [1.82, 2.24) is 9.97 Å². The number of hydrogen-bond acceptors (Lipinski definition) is 4. The summed E-state index contributed by atoms with van der Waals surface area (Å²) in [7, 11) is 0. The highest BCUT2D eigenvalue weighted by atomic mass is 32.2. The van der Waals surface area contributed by atoms with Crippen LogP contribution in [0.2, 0.25) is 0 Å². The van der Waals surface area contributed by atoms with E-state index in [1.165, 1.54) is 0 Å². The fourth-order valence-electron chi connectivity index (χ4n) is 0.809. The van der Waals surface area contributed by atoms with Crippen LogP contribution in [0.15, 0.2) is 11.1 Å².